The van der Waals surface area contributed by atoms with E-state index < -0.39 is 0 Å². The summed E-state index contributed by atoms with van der Waals surface area (Å²) in [7, 11) is 0. The quantitative estimate of drug-likeness (QED) is 0.695. The van der Waals surface area contributed by atoms with Crippen molar-refractivity contribution in [2.24, 2.45) is 0 Å². The van der Waals surface area contributed by atoms with E-state index in [4.69, 9.17) is 4.42 Å². The second-order valence-corrected chi connectivity index (χ2v) is 5.24. The number of aromatic nitrogens is 1. The second-order valence-electron chi connectivity index (χ2n) is 5.24. The summed E-state index contributed by atoms with van der Waals surface area (Å²) < 4.78 is 5.58. The van der Waals surface area contributed by atoms with Gasteiger partial charge in [-0.05, 0) is 18.6 Å². The van der Waals surface area contributed by atoms with Gasteiger partial charge in [0.2, 0.25) is 11.8 Å². The van der Waals surface area contributed by atoms with E-state index in [-0.39, 0.29) is 17.7 Å². The van der Waals surface area contributed by atoms with E-state index in [2.05, 4.69) is 10.3 Å². The van der Waals surface area contributed by atoms with Crippen molar-refractivity contribution in [1.29, 1.82) is 0 Å². The number of nitrogens with one attached hydrogen (secondary N) is 1. The van der Waals surface area contributed by atoms with Gasteiger partial charge in [0.25, 0.3) is 0 Å². The first-order chi connectivity index (χ1) is 10.2. The van der Waals surface area contributed by atoms with Crippen molar-refractivity contribution in [3.05, 3.63) is 42.3 Å². The number of piperidine rings is 1. The van der Waals surface area contributed by atoms with E-state index in [0.29, 0.717) is 18.4 Å². The standard InChI is InChI=1S/C16H12N2O3/c19-15-4-3-10(16(20)18-15)12-8-21-14-7-13-9(6-11(12)14)2-1-5-17-13/h1-2,5-8,10H,3-4H2,(H,18,19,20)/t10-/m1/s1. The predicted molar refractivity (Wildman–Crippen MR) is 76.6 cm³/mol. The number of imide groups is 1. The van der Waals surface area contributed by atoms with Crippen LogP contribution in [0.4, 0.5) is 0 Å². The summed E-state index contributed by atoms with van der Waals surface area (Å²) in [4.78, 5) is 27.6. The van der Waals surface area contributed by atoms with Crippen LogP contribution in [0.1, 0.15) is 24.3 Å². The summed E-state index contributed by atoms with van der Waals surface area (Å²) in [5, 5.41) is 4.29. The molecule has 5 nitrogen and oxygen atoms in total. The summed E-state index contributed by atoms with van der Waals surface area (Å²) in [6.07, 6.45) is 4.23. The van der Waals surface area contributed by atoms with E-state index in [9.17, 15) is 9.59 Å². The van der Waals surface area contributed by atoms with Crippen LogP contribution in [0, 0.1) is 0 Å². The predicted octanol–water partition coefficient (Wildman–Crippen LogP) is 2.50. The lowest BCUT2D eigenvalue weighted by Crippen LogP contribution is -2.39. The fourth-order valence-corrected chi connectivity index (χ4v) is 2.87. The number of hydrogen-bond donors (Lipinski definition) is 1. The Labute approximate surface area is 120 Å². The van der Waals surface area contributed by atoms with E-state index in [1.807, 2.05) is 24.3 Å². The molecule has 104 valence electrons. The molecule has 1 aromatic carbocycles. The number of nitrogens with zero attached hydrogens (tertiary/aromatic N) is 1. The SMILES string of the molecule is O=C1CC[C@H](c2coc3cc4ncccc4cc23)C(=O)N1. The molecule has 1 fully saturated rings. The molecule has 21 heavy (non-hydrogen) atoms. The first-order valence-corrected chi connectivity index (χ1v) is 6.82. The summed E-state index contributed by atoms with van der Waals surface area (Å²) in [5.74, 6) is -0.794. The fraction of sp³-hybridized carbons (Fsp3) is 0.188. The molecular weight excluding hydrogens is 268 g/mol. The molecule has 3 aromatic rings. The van der Waals surface area contributed by atoms with E-state index in [0.717, 1.165) is 21.9 Å². The number of furan rings is 1. The summed E-state index contributed by atoms with van der Waals surface area (Å²) in [6.45, 7) is 0. The largest absolute Gasteiger partial charge is 0.464 e. The first kappa shape index (κ1) is 12.1. The van der Waals surface area contributed by atoms with Crippen LogP contribution in [0.15, 0.2) is 41.1 Å². The van der Waals surface area contributed by atoms with Gasteiger partial charge in [0.1, 0.15) is 5.58 Å². The lowest BCUT2D eigenvalue weighted by molar-refractivity contribution is -0.134. The van der Waals surface area contributed by atoms with Gasteiger partial charge >= 0.3 is 0 Å². The maximum absolute atomic E-state index is 12.0. The van der Waals surface area contributed by atoms with Crippen LogP contribution in [-0.4, -0.2) is 16.8 Å². The highest BCUT2D eigenvalue weighted by Gasteiger charge is 2.30. The van der Waals surface area contributed by atoms with Gasteiger partial charge in [-0.15, -0.1) is 0 Å². The number of pyridine rings is 1. The topological polar surface area (TPSA) is 72.2 Å². The van der Waals surface area contributed by atoms with E-state index in [1.165, 1.54) is 0 Å². The lowest BCUT2D eigenvalue weighted by Gasteiger charge is -2.19. The number of carbonyl (C=O) groups excluding carboxylic acids is 2. The molecule has 0 saturated carbocycles. The monoisotopic (exact) mass is 280 g/mol. The minimum absolute atomic E-state index is 0.210. The molecule has 1 atom stereocenters. The molecule has 4 rings (SSSR count). The molecule has 0 radical (unpaired) electrons. The summed E-state index contributed by atoms with van der Waals surface area (Å²) in [5.41, 5.74) is 2.40. The number of fused-ring (bicyclic) bond motifs is 2. The van der Waals surface area contributed by atoms with Crippen molar-refractivity contribution in [3.8, 4) is 0 Å². The Balaban J connectivity index is 1.87. The van der Waals surface area contributed by atoms with Crippen molar-refractivity contribution in [1.82, 2.24) is 10.3 Å². The third-order valence-corrected chi connectivity index (χ3v) is 3.94. The van der Waals surface area contributed by atoms with Crippen LogP contribution in [0.3, 0.4) is 0 Å². The van der Waals surface area contributed by atoms with Crippen LogP contribution in [-0.2, 0) is 9.59 Å². The molecule has 0 unspecified atom stereocenters. The van der Waals surface area contributed by atoms with Crippen LogP contribution >= 0.6 is 0 Å². The Bertz CT molecular complexity index is 881. The average Bonchev–Trinajstić information content (AvgIpc) is 2.88. The third-order valence-electron chi connectivity index (χ3n) is 3.94. The number of rotatable bonds is 1. The highest BCUT2D eigenvalue weighted by atomic mass is 16.3. The van der Waals surface area contributed by atoms with Crippen LogP contribution in [0.5, 0.6) is 0 Å². The van der Waals surface area contributed by atoms with E-state index >= 15 is 0 Å². The Morgan fingerprint density at radius 1 is 1.29 bits per heavy atom. The number of hydrogen-bond acceptors (Lipinski definition) is 4. The van der Waals surface area contributed by atoms with Gasteiger partial charge in [-0.1, -0.05) is 6.07 Å². The van der Waals surface area contributed by atoms with Crippen LogP contribution in [0.2, 0.25) is 0 Å². The minimum atomic E-state index is -0.335. The highest BCUT2D eigenvalue weighted by Crippen LogP contribution is 2.34. The zero-order valence-corrected chi connectivity index (χ0v) is 11.1. The number of carbonyl (C=O) groups is 2. The number of benzene rings is 1. The smallest absolute Gasteiger partial charge is 0.234 e. The molecule has 0 bridgehead atoms. The maximum Gasteiger partial charge on any atom is 0.234 e. The third kappa shape index (κ3) is 1.89. The molecule has 2 amide bonds. The lowest BCUT2D eigenvalue weighted by atomic mass is 9.90. The number of amides is 2. The normalized spacial score (nSPS) is 19.1. The maximum atomic E-state index is 12.0. The van der Waals surface area contributed by atoms with Gasteiger partial charge in [-0.2, -0.15) is 0 Å². The van der Waals surface area contributed by atoms with Crippen LogP contribution in [0.25, 0.3) is 21.9 Å². The average molecular weight is 280 g/mol. The fourth-order valence-electron chi connectivity index (χ4n) is 2.87. The summed E-state index contributed by atoms with van der Waals surface area (Å²) >= 11 is 0. The molecule has 2 aromatic heterocycles. The molecule has 1 aliphatic rings. The zero-order valence-electron chi connectivity index (χ0n) is 11.1. The Hall–Kier alpha value is -2.69. The molecular formula is C16H12N2O3. The van der Waals surface area contributed by atoms with Gasteiger partial charge in [0, 0.05) is 35.0 Å². The van der Waals surface area contributed by atoms with Crippen molar-refractivity contribution in [2.45, 2.75) is 18.8 Å². The van der Waals surface area contributed by atoms with Crippen LogP contribution < -0.4 is 5.32 Å². The van der Waals surface area contributed by atoms with Crippen molar-refractivity contribution >= 4 is 33.7 Å². The molecule has 1 saturated heterocycles. The minimum Gasteiger partial charge on any atom is -0.464 e. The van der Waals surface area contributed by atoms with Gasteiger partial charge in [0.15, 0.2) is 0 Å². The van der Waals surface area contributed by atoms with Crippen molar-refractivity contribution in [3.63, 3.8) is 0 Å². The molecule has 0 spiro atoms. The first-order valence-electron chi connectivity index (χ1n) is 6.82. The summed E-state index contributed by atoms with van der Waals surface area (Å²) in [6, 6.07) is 7.71. The second kappa shape index (κ2) is 4.41. The molecule has 3 heterocycles. The van der Waals surface area contributed by atoms with Crippen molar-refractivity contribution in [2.75, 3.05) is 0 Å². The Kier molecular flexibility index (Phi) is 2.54. The molecule has 0 aliphatic carbocycles. The zero-order chi connectivity index (χ0) is 14.4. The van der Waals surface area contributed by atoms with E-state index in [1.54, 1.807) is 12.5 Å². The van der Waals surface area contributed by atoms with Crippen molar-refractivity contribution < 1.29 is 14.0 Å². The Morgan fingerprint density at radius 3 is 3.05 bits per heavy atom. The molecule has 1 aliphatic heterocycles. The van der Waals surface area contributed by atoms with Gasteiger partial charge in [-0.3, -0.25) is 19.9 Å². The Morgan fingerprint density at radius 2 is 2.19 bits per heavy atom. The van der Waals surface area contributed by atoms with Gasteiger partial charge in [-0.25, -0.2) is 0 Å². The highest BCUT2D eigenvalue weighted by molar-refractivity contribution is 6.04. The molecule has 5 heteroatoms. The molecule has 1 N–H and O–H groups in total. The van der Waals surface area contributed by atoms with Gasteiger partial charge in [0.05, 0.1) is 17.7 Å². The van der Waals surface area contributed by atoms with Gasteiger partial charge < -0.3 is 4.42 Å².